The van der Waals surface area contributed by atoms with Gasteiger partial charge >= 0.3 is 84.3 Å². The van der Waals surface area contributed by atoms with Gasteiger partial charge in [0.25, 0.3) is 0 Å². The second kappa shape index (κ2) is 5.17. The van der Waals surface area contributed by atoms with Crippen LogP contribution in [0.25, 0.3) is 0 Å². The Morgan fingerprint density at radius 3 is 1.27 bits per heavy atom. The van der Waals surface area contributed by atoms with Crippen LogP contribution in [-0.2, 0) is 49.1 Å². The van der Waals surface area contributed by atoms with Gasteiger partial charge in [0.2, 0.25) is 0 Å². The molecule has 0 aliphatic heterocycles. The SMILES string of the molecule is O=P(O)(O)O[O][W](=[O])(=[O])[O]OP(=O)(O)O. The van der Waals surface area contributed by atoms with Crippen LogP contribution in [0.5, 0.6) is 0 Å². The Hall–Kier alpha value is 0.428. The quantitative estimate of drug-likeness (QED) is 0.218. The third-order valence-corrected chi connectivity index (χ3v) is 3.44. The van der Waals surface area contributed by atoms with Crippen LogP contribution in [-0.4, -0.2) is 19.6 Å². The van der Waals surface area contributed by atoms with Gasteiger partial charge in [-0.2, -0.15) is 0 Å². The molecule has 12 nitrogen and oxygen atoms in total. The summed E-state index contributed by atoms with van der Waals surface area (Å²) in [5, 5.41) is 0. The first kappa shape index (κ1) is 15.4. The number of hydrogen-bond donors (Lipinski definition) is 4. The van der Waals surface area contributed by atoms with Gasteiger partial charge in [-0.05, 0) is 0 Å². The molecule has 0 aliphatic carbocycles. The molecule has 0 fully saturated rings. The van der Waals surface area contributed by atoms with Crippen molar-refractivity contribution in [1.29, 1.82) is 0 Å². The zero-order valence-electron chi connectivity index (χ0n) is 6.36. The summed E-state index contributed by atoms with van der Waals surface area (Å²) in [5.74, 6) is 0. The van der Waals surface area contributed by atoms with Crippen LogP contribution in [0.4, 0.5) is 0 Å². The molecule has 0 aromatic carbocycles. The van der Waals surface area contributed by atoms with Crippen molar-refractivity contribution in [3.05, 3.63) is 0 Å². The van der Waals surface area contributed by atoms with E-state index in [0.29, 0.717) is 0 Å². The number of hydrogen-bond acceptors (Lipinski definition) is 8. The molecular formula is H4O12P2W. The Labute approximate surface area is 84.8 Å². The van der Waals surface area contributed by atoms with Crippen molar-refractivity contribution in [2.45, 2.75) is 0 Å². The van der Waals surface area contributed by atoms with Crippen LogP contribution >= 0.6 is 15.6 Å². The molecule has 0 bridgehead atoms. The summed E-state index contributed by atoms with van der Waals surface area (Å²) in [6.07, 6.45) is 0. The summed E-state index contributed by atoms with van der Waals surface area (Å²) < 4.78 is 53.1. The van der Waals surface area contributed by atoms with E-state index < -0.39 is 32.4 Å². The summed E-state index contributed by atoms with van der Waals surface area (Å²) in [4.78, 5) is 31.9. The van der Waals surface area contributed by atoms with Crippen LogP contribution in [0.15, 0.2) is 0 Å². The molecule has 15 heteroatoms. The molecule has 0 atom stereocenters. The molecule has 0 radical (unpaired) electrons. The average Bonchev–Trinajstić information content (AvgIpc) is 1.96. The molecule has 4 N–H and O–H groups in total. The Bertz CT molecular complexity index is 344. The fourth-order valence-corrected chi connectivity index (χ4v) is 3.87. The van der Waals surface area contributed by atoms with E-state index in [9.17, 15) is 15.9 Å². The molecule has 0 spiro atoms. The van der Waals surface area contributed by atoms with Crippen LogP contribution < -0.4 is 0 Å². The maximum atomic E-state index is 10.5. The van der Waals surface area contributed by atoms with Crippen LogP contribution in [0.3, 0.4) is 0 Å². The predicted octanol–water partition coefficient (Wildman–Crippen LogP) is -1.26. The summed E-state index contributed by atoms with van der Waals surface area (Å²) >= 11 is -6.57. The van der Waals surface area contributed by atoms with E-state index in [1.54, 1.807) is 0 Å². The van der Waals surface area contributed by atoms with E-state index >= 15 is 0 Å². The van der Waals surface area contributed by atoms with E-state index in [1.165, 1.54) is 0 Å². The Kier molecular flexibility index (Phi) is 5.32. The fraction of sp³-hybridized carbons (Fsp3) is 0. The Morgan fingerprint density at radius 2 is 1.07 bits per heavy atom. The molecule has 0 saturated carbocycles. The van der Waals surface area contributed by atoms with Gasteiger partial charge in [-0.25, -0.2) is 0 Å². The summed E-state index contributed by atoms with van der Waals surface area (Å²) in [6, 6.07) is 0. The van der Waals surface area contributed by atoms with Crippen molar-refractivity contribution >= 4 is 15.6 Å². The minimum atomic E-state index is -6.57. The third kappa shape index (κ3) is 10.7. The van der Waals surface area contributed by atoms with Crippen molar-refractivity contribution in [2.24, 2.45) is 0 Å². The third-order valence-electron chi connectivity index (χ3n) is 0.422. The van der Waals surface area contributed by atoms with Gasteiger partial charge in [-0.15, -0.1) is 0 Å². The van der Waals surface area contributed by atoms with E-state index in [-0.39, 0.29) is 0 Å². The number of phosphoric acid groups is 2. The number of rotatable bonds is 6. The van der Waals surface area contributed by atoms with Crippen molar-refractivity contribution in [1.82, 2.24) is 0 Å². The Balaban J connectivity index is 4.23. The van der Waals surface area contributed by atoms with Gasteiger partial charge in [0.1, 0.15) is 0 Å². The molecule has 0 unspecified atom stereocenters. The van der Waals surface area contributed by atoms with Gasteiger partial charge < -0.3 is 0 Å². The van der Waals surface area contributed by atoms with Crippen LogP contribution in [0.1, 0.15) is 0 Å². The molecule has 0 aromatic heterocycles. The first-order chi connectivity index (χ1) is 6.41. The van der Waals surface area contributed by atoms with Crippen LogP contribution in [0, 0.1) is 0 Å². The molecule has 0 aliphatic rings. The average molecular weight is 442 g/mol. The second-order valence-electron chi connectivity index (χ2n) is 1.67. The molecule has 0 aromatic rings. The van der Waals surface area contributed by atoms with Gasteiger partial charge in [0.15, 0.2) is 0 Å². The molecule has 0 saturated heterocycles. The topological polar surface area (TPSA) is 186 Å². The molecule has 0 rings (SSSR count). The van der Waals surface area contributed by atoms with Crippen molar-refractivity contribution in [3.63, 3.8) is 0 Å². The van der Waals surface area contributed by atoms with Gasteiger partial charge in [0.05, 0.1) is 0 Å². The van der Waals surface area contributed by atoms with Crippen LogP contribution in [0.2, 0.25) is 0 Å². The van der Waals surface area contributed by atoms with E-state index in [2.05, 4.69) is 16.4 Å². The predicted molar refractivity (Wildman–Crippen MR) is 29.8 cm³/mol. The van der Waals surface area contributed by atoms with Gasteiger partial charge in [0, 0.05) is 0 Å². The standard InChI is InChI=1S/2H3O5P.2O.W/c2*1-5-6(2,3)4;;;/h2*1H,(H2,2,3,4);;;/q;;;;+2/p-2. The summed E-state index contributed by atoms with van der Waals surface area (Å²) in [7, 11) is -10.5. The molecular weight excluding hydrogens is 438 g/mol. The zero-order chi connectivity index (χ0) is 12.3. The first-order valence-electron chi connectivity index (χ1n) is 2.53. The summed E-state index contributed by atoms with van der Waals surface area (Å²) in [5.41, 5.74) is 0. The van der Waals surface area contributed by atoms with Gasteiger partial charge in [-0.3, -0.25) is 0 Å². The molecule has 92 valence electrons. The second-order valence-corrected chi connectivity index (χ2v) is 7.85. The zero-order valence-corrected chi connectivity index (χ0v) is 11.1. The van der Waals surface area contributed by atoms with E-state index in [1.807, 2.05) is 0 Å². The maximum absolute atomic E-state index is 10.5. The fourth-order valence-electron chi connectivity index (χ4n) is 0.165. The van der Waals surface area contributed by atoms with E-state index in [4.69, 9.17) is 19.6 Å². The minimum absolute atomic E-state index is 3.04. The van der Waals surface area contributed by atoms with E-state index in [0.717, 1.165) is 0 Å². The molecule has 0 amide bonds. The van der Waals surface area contributed by atoms with Crippen molar-refractivity contribution in [3.8, 4) is 0 Å². The summed E-state index contributed by atoms with van der Waals surface area (Å²) in [6.45, 7) is 0. The molecule has 0 heterocycles. The van der Waals surface area contributed by atoms with Gasteiger partial charge in [-0.1, -0.05) is 0 Å². The molecule has 15 heavy (non-hydrogen) atoms. The monoisotopic (exact) mass is 442 g/mol. The van der Waals surface area contributed by atoms with Crippen molar-refractivity contribution in [2.75, 3.05) is 0 Å². The Morgan fingerprint density at radius 1 is 0.800 bits per heavy atom. The van der Waals surface area contributed by atoms with Crippen molar-refractivity contribution < 1.29 is 68.7 Å². The first-order valence-corrected chi connectivity index (χ1v) is 10.4. The normalized spacial score (nSPS) is 14.1.